The predicted octanol–water partition coefficient (Wildman–Crippen LogP) is 3.30. The van der Waals surface area contributed by atoms with Crippen LogP contribution in [0, 0.1) is 0 Å². The van der Waals surface area contributed by atoms with Crippen LogP contribution >= 0.6 is 0 Å². The highest BCUT2D eigenvalue weighted by Gasteiger charge is 2.09. The third kappa shape index (κ3) is 3.39. The molecular weight excluding hydrogens is 264 g/mol. The highest BCUT2D eigenvalue weighted by Crippen LogP contribution is 2.20. The number of hydrogen-bond acceptors (Lipinski definition) is 4. The van der Waals surface area contributed by atoms with Crippen LogP contribution in [0.25, 0.3) is 10.9 Å². The first-order chi connectivity index (χ1) is 10.3. The number of amides is 1. The lowest BCUT2D eigenvalue weighted by atomic mass is 10.2. The second kappa shape index (κ2) is 7.09. The molecule has 0 fully saturated rings. The molecule has 3 aromatic rings. The van der Waals surface area contributed by atoms with Crippen LogP contribution < -0.4 is 5.32 Å². The Hall–Kier alpha value is -2.82. The summed E-state index contributed by atoms with van der Waals surface area (Å²) in [5.41, 5.74) is 1.69. The third-order valence-corrected chi connectivity index (χ3v) is 2.68. The molecule has 2 heterocycles. The monoisotopic (exact) mass is 280 g/mol. The number of benzene rings is 1. The van der Waals surface area contributed by atoms with Crippen LogP contribution in [0.15, 0.2) is 55.1 Å². The number of rotatable bonds is 2. The van der Waals surface area contributed by atoms with Gasteiger partial charge in [-0.15, -0.1) is 0 Å². The number of carbonyl (C=O) groups excluding carboxylic acids is 1. The molecule has 1 amide bonds. The molecule has 106 valence electrons. The van der Waals surface area contributed by atoms with Gasteiger partial charge < -0.3 is 5.32 Å². The van der Waals surface area contributed by atoms with E-state index in [-0.39, 0.29) is 11.6 Å². The van der Waals surface area contributed by atoms with Gasteiger partial charge in [-0.25, -0.2) is 4.98 Å². The van der Waals surface area contributed by atoms with Crippen molar-refractivity contribution in [3.8, 4) is 0 Å². The van der Waals surface area contributed by atoms with E-state index >= 15 is 0 Å². The van der Waals surface area contributed by atoms with E-state index < -0.39 is 0 Å². The van der Waals surface area contributed by atoms with Crippen LogP contribution in [0.3, 0.4) is 0 Å². The van der Waals surface area contributed by atoms with Gasteiger partial charge >= 0.3 is 0 Å². The number of anilines is 1. The van der Waals surface area contributed by atoms with Gasteiger partial charge in [0.25, 0.3) is 5.91 Å². The molecule has 3 rings (SSSR count). The summed E-state index contributed by atoms with van der Waals surface area (Å²) >= 11 is 0. The van der Waals surface area contributed by atoms with Crippen molar-refractivity contribution in [1.82, 2.24) is 15.0 Å². The Morgan fingerprint density at radius 2 is 1.81 bits per heavy atom. The number of para-hydroxylation sites is 1. The van der Waals surface area contributed by atoms with Crippen LogP contribution in [0.1, 0.15) is 24.3 Å². The van der Waals surface area contributed by atoms with E-state index in [9.17, 15) is 4.79 Å². The summed E-state index contributed by atoms with van der Waals surface area (Å²) in [6.45, 7) is 4.00. The Morgan fingerprint density at radius 1 is 1.00 bits per heavy atom. The highest BCUT2D eigenvalue weighted by molar-refractivity contribution is 6.07. The normalized spacial score (nSPS) is 9.62. The van der Waals surface area contributed by atoms with Crippen LogP contribution in [-0.4, -0.2) is 20.9 Å². The van der Waals surface area contributed by atoms with Crippen molar-refractivity contribution in [3.63, 3.8) is 0 Å². The van der Waals surface area contributed by atoms with Crippen LogP contribution in [-0.2, 0) is 0 Å². The Morgan fingerprint density at radius 3 is 2.57 bits per heavy atom. The molecule has 0 aliphatic carbocycles. The maximum absolute atomic E-state index is 12.0. The SMILES string of the molecule is CC.O=C(Nc1cccc2cccnc12)c1cnccn1. The Labute approximate surface area is 123 Å². The molecule has 0 aliphatic heterocycles. The van der Waals surface area contributed by atoms with Crippen molar-refractivity contribution >= 4 is 22.5 Å². The molecule has 2 aromatic heterocycles. The third-order valence-electron chi connectivity index (χ3n) is 2.68. The molecule has 1 aromatic carbocycles. The van der Waals surface area contributed by atoms with Gasteiger partial charge in [0, 0.05) is 24.0 Å². The molecule has 21 heavy (non-hydrogen) atoms. The fourth-order valence-electron chi connectivity index (χ4n) is 1.81. The lowest BCUT2D eigenvalue weighted by Gasteiger charge is -2.07. The fraction of sp³-hybridized carbons (Fsp3) is 0.125. The molecule has 0 atom stereocenters. The predicted molar refractivity (Wildman–Crippen MR) is 83.1 cm³/mol. The molecule has 0 radical (unpaired) electrons. The largest absolute Gasteiger partial charge is 0.319 e. The van der Waals surface area contributed by atoms with Crippen LogP contribution in [0.5, 0.6) is 0 Å². The van der Waals surface area contributed by atoms with Crippen molar-refractivity contribution in [1.29, 1.82) is 0 Å². The molecule has 5 heteroatoms. The first-order valence-corrected chi connectivity index (χ1v) is 6.76. The number of nitrogens with zero attached hydrogens (tertiary/aromatic N) is 3. The van der Waals surface area contributed by atoms with E-state index in [1.807, 2.05) is 44.2 Å². The maximum atomic E-state index is 12.0. The first kappa shape index (κ1) is 14.6. The minimum absolute atomic E-state index is 0.274. The second-order valence-electron chi connectivity index (χ2n) is 3.93. The number of nitrogens with one attached hydrogen (secondary N) is 1. The first-order valence-electron chi connectivity index (χ1n) is 6.76. The zero-order valence-corrected chi connectivity index (χ0v) is 11.9. The average molecular weight is 280 g/mol. The van der Waals surface area contributed by atoms with Gasteiger partial charge in [0.05, 0.1) is 17.4 Å². The average Bonchev–Trinajstić information content (AvgIpc) is 2.58. The maximum Gasteiger partial charge on any atom is 0.275 e. The Balaban J connectivity index is 0.000000774. The molecule has 0 saturated carbocycles. The van der Waals surface area contributed by atoms with Crippen molar-refractivity contribution in [2.75, 3.05) is 5.32 Å². The molecule has 0 unspecified atom stereocenters. The fourth-order valence-corrected chi connectivity index (χ4v) is 1.81. The lowest BCUT2D eigenvalue weighted by molar-refractivity contribution is 0.102. The second-order valence-corrected chi connectivity index (χ2v) is 3.93. The molecule has 0 aliphatic rings. The summed E-state index contributed by atoms with van der Waals surface area (Å²) in [6.07, 6.45) is 6.13. The van der Waals surface area contributed by atoms with Crippen molar-refractivity contribution in [2.24, 2.45) is 0 Å². The summed E-state index contributed by atoms with van der Waals surface area (Å²) in [4.78, 5) is 24.1. The lowest BCUT2D eigenvalue weighted by Crippen LogP contribution is -2.14. The van der Waals surface area contributed by atoms with E-state index in [0.29, 0.717) is 5.69 Å². The summed E-state index contributed by atoms with van der Waals surface area (Å²) in [6, 6.07) is 9.43. The minimum atomic E-state index is -0.300. The van der Waals surface area contributed by atoms with E-state index in [1.165, 1.54) is 18.6 Å². The summed E-state index contributed by atoms with van der Waals surface area (Å²) < 4.78 is 0. The zero-order chi connectivity index (χ0) is 15.1. The molecule has 0 spiro atoms. The highest BCUT2D eigenvalue weighted by atomic mass is 16.1. The van der Waals surface area contributed by atoms with Gasteiger partial charge in [-0.1, -0.05) is 32.0 Å². The Bertz CT molecular complexity index is 723. The molecule has 0 saturated heterocycles. The molecule has 1 N–H and O–H groups in total. The van der Waals surface area contributed by atoms with E-state index in [0.717, 1.165) is 10.9 Å². The van der Waals surface area contributed by atoms with Gasteiger partial charge in [-0.2, -0.15) is 0 Å². The van der Waals surface area contributed by atoms with Crippen molar-refractivity contribution < 1.29 is 4.79 Å². The number of hydrogen-bond donors (Lipinski definition) is 1. The van der Waals surface area contributed by atoms with E-state index in [4.69, 9.17) is 0 Å². The Kier molecular flexibility index (Phi) is 4.93. The summed E-state index contributed by atoms with van der Waals surface area (Å²) in [5, 5.41) is 3.77. The molecular formula is C16H16N4O. The topological polar surface area (TPSA) is 67.8 Å². The van der Waals surface area contributed by atoms with E-state index in [2.05, 4.69) is 20.3 Å². The van der Waals surface area contributed by atoms with E-state index in [1.54, 1.807) is 6.20 Å². The molecule has 5 nitrogen and oxygen atoms in total. The summed E-state index contributed by atoms with van der Waals surface area (Å²) in [5.74, 6) is -0.300. The number of fused-ring (bicyclic) bond motifs is 1. The number of carbonyl (C=O) groups is 1. The van der Waals surface area contributed by atoms with Gasteiger partial charge in [0.2, 0.25) is 0 Å². The van der Waals surface area contributed by atoms with Crippen LogP contribution in [0.4, 0.5) is 5.69 Å². The number of aromatic nitrogens is 3. The van der Waals surface area contributed by atoms with Gasteiger partial charge in [-0.05, 0) is 12.1 Å². The van der Waals surface area contributed by atoms with Gasteiger partial charge in [0.15, 0.2) is 0 Å². The smallest absolute Gasteiger partial charge is 0.275 e. The van der Waals surface area contributed by atoms with Crippen molar-refractivity contribution in [3.05, 3.63) is 60.8 Å². The zero-order valence-electron chi connectivity index (χ0n) is 11.9. The quantitative estimate of drug-likeness (QED) is 0.782. The van der Waals surface area contributed by atoms with Gasteiger partial charge in [-0.3, -0.25) is 14.8 Å². The van der Waals surface area contributed by atoms with Gasteiger partial charge in [0.1, 0.15) is 5.69 Å². The number of pyridine rings is 1. The van der Waals surface area contributed by atoms with Crippen LogP contribution in [0.2, 0.25) is 0 Å². The van der Waals surface area contributed by atoms with Crippen molar-refractivity contribution in [2.45, 2.75) is 13.8 Å². The standard InChI is InChI=1S/C14H10N4O.C2H6/c19-14(12-9-15-7-8-16-12)18-11-5-1-3-10-4-2-6-17-13(10)11;1-2/h1-9H,(H,18,19);1-2H3. The minimum Gasteiger partial charge on any atom is -0.319 e. The molecule has 0 bridgehead atoms. The summed E-state index contributed by atoms with van der Waals surface area (Å²) in [7, 11) is 0.